The largest absolute Gasteiger partial charge is 0.497 e. The number of nitrogens with one attached hydrogen (secondary N) is 2. The standard InChI is InChI=1S/C13H17BrN2O3S.ClH/c1-19-11-2-3-12(14)13(8-11)20(17,18)16-9-10-4-6-15-7-5-10;/h2-4,8,15-16H,5-7,9H2,1H3;1H. The quantitative estimate of drug-likeness (QED) is 0.747. The van der Waals surface area contributed by atoms with E-state index in [1.54, 1.807) is 12.1 Å². The molecule has 0 atom stereocenters. The Kier molecular flexibility index (Phi) is 7.15. The molecule has 1 aromatic carbocycles. The van der Waals surface area contributed by atoms with Gasteiger partial charge in [-0.1, -0.05) is 11.6 Å². The molecule has 2 rings (SSSR count). The van der Waals surface area contributed by atoms with Crippen molar-refractivity contribution in [3.8, 4) is 5.75 Å². The molecule has 0 fully saturated rings. The first-order valence-corrected chi connectivity index (χ1v) is 8.52. The first-order valence-electron chi connectivity index (χ1n) is 6.25. The summed E-state index contributed by atoms with van der Waals surface area (Å²) in [4.78, 5) is 0.186. The van der Waals surface area contributed by atoms with Gasteiger partial charge in [0.15, 0.2) is 0 Å². The molecule has 1 aliphatic heterocycles. The van der Waals surface area contributed by atoms with E-state index >= 15 is 0 Å². The Morgan fingerprint density at radius 3 is 2.81 bits per heavy atom. The third-order valence-electron chi connectivity index (χ3n) is 3.08. The molecule has 0 aliphatic carbocycles. The smallest absolute Gasteiger partial charge is 0.242 e. The highest BCUT2D eigenvalue weighted by Gasteiger charge is 2.19. The lowest BCUT2D eigenvalue weighted by molar-refractivity contribution is 0.413. The van der Waals surface area contributed by atoms with Crippen molar-refractivity contribution in [3.63, 3.8) is 0 Å². The molecule has 0 aromatic heterocycles. The fourth-order valence-corrected chi connectivity index (χ4v) is 3.93. The second kappa shape index (κ2) is 8.14. The minimum Gasteiger partial charge on any atom is -0.497 e. The van der Waals surface area contributed by atoms with Crippen molar-refractivity contribution in [2.45, 2.75) is 11.3 Å². The van der Waals surface area contributed by atoms with E-state index in [0.717, 1.165) is 25.1 Å². The highest BCUT2D eigenvalue weighted by molar-refractivity contribution is 9.10. The van der Waals surface area contributed by atoms with E-state index < -0.39 is 10.0 Å². The Bertz CT molecular complexity index is 620. The molecule has 5 nitrogen and oxygen atoms in total. The summed E-state index contributed by atoms with van der Waals surface area (Å²) in [6.45, 7) is 2.02. The second-order valence-electron chi connectivity index (χ2n) is 4.44. The first-order chi connectivity index (χ1) is 9.53. The van der Waals surface area contributed by atoms with Crippen LogP contribution in [0.25, 0.3) is 0 Å². The van der Waals surface area contributed by atoms with E-state index in [1.165, 1.54) is 13.2 Å². The molecule has 21 heavy (non-hydrogen) atoms. The molecule has 1 heterocycles. The lowest BCUT2D eigenvalue weighted by Gasteiger charge is -2.15. The molecule has 118 valence electrons. The molecule has 0 spiro atoms. The Labute approximate surface area is 139 Å². The summed E-state index contributed by atoms with van der Waals surface area (Å²) in [6, 6.07) is 4.87. The minimum atomic E-state index is -3.56. The van der Waals surface area contributed by atoms with Crippen LogP contribution in [0.2, 0.25) is 0 Å². The maximum absolute atomic E-state index is 12.3. The number of hydrogen-bond acceptors (Lipinski definition) is 4. The Morgan fingerprint density at radius 2 is 2.19 bits per heavy atom. The number of benzene rings is 1. The monoisotopic (exact) mass is 396 g/mol. The Morgan fingerprint density at radius 1 is 1.43 bits per heavy atom. The molecule has 0 radical (unpaired) electrons. The number of halogens is 2. The zero-order chi connectivity index (χ0) is 14.6. The number of rotatable bonds is 5. The van der Waals surface area contributed by atoms with E-state index in [2.05, 4.69) is 26.0 Å². The van der Waals surface area contributed by atoms with E-state index in [9.17, 15) is 8.42 Å². The van der Waals surface area contributed by atoms with E-state index in [4.69, 9.17) is 4.74 Å². The first kappa shape index (κ1) is 18.4. The maximum atomic E-state index is 12.3. The van der Waals surface area contributed by atoms with Crippen LogP contribution in [0.4, 0.5) is 0 Å². The average Bonchev–Trinajstić information content (AvgIpc) is 2.47. The molecule has 0 bridgehead atoms. The molecule has 2 N–H and O–H groups in total. The molecule has 1 aliphatic rings. The summed E-state index contributed by atoms with van der Waals surface area (Å²) in [7, 11) is -2.05. The molecule has 0 unspecified atom stereocenters. The maximum Gasteiger partial charge on any atom is 0.242 e. The van der Waals surface area contributed by atoms with Crippen molar-refractivity contribution in [2.75, 3.05) is 26.7 Å². The Hall–Kier alpha value is -0.600. The third-order valence-corrected chi connectivity index (χ3v) is 5.47. The van der Waals surface area contributed by atoms with Crippen molar-refractivity contribution in [1.29, 1.82) is 0 Å². The van der Waals surface area contributed by atoms with Gasteiger partial charge in [-0.25, -0.2) is 13.1 Å². The molecule has 0 saturated heterocycles. The molecule has 8 heteroatoms. The SMILES string of the molecule is COc1ccc(Br)c(S(=O)(=O)NCC2=CCNCC2)c1.Cl. The van der Waals surface area contributed by atoms with Crippen LogP contribution in [0.15, 0.2) is 39.2 Å². The summed E-state index contributed by atoms with van der Waals surface area (Å²) in [5.74, 6) is 0.509. The average molecular weight is 398 g/mol. The highest BCUT2D eigenvalue weighted by Crippen LogP contribution is 2.26. The van der Waals surface area contributed by atoms with Crippen LogP contribution in [0, 0.1) is 0 Å². The van der Waals surface area contributed by atoms with Crippen molar-refractivity contribution in [2.24, 2.45) is 0 Å². The van der Waals surface area contributed by atoms with Gasteiger partial charge < -0.3 is 10.1 Å². The van der Waals surface area contributed by atoms with Crippen LogP contribution in [-0.2, 0) is 10.0 Å². The molecule has 0 saturated carbocycles. The molecule has 0 amide bonds. The summed E-state index contributed by atoms with van der Waals surface area (Å²) >= 11 is 3.26. The van der Waals surface area contributed by atoms with Crippen LogP contribution in [0.1, 0.15) is 6.42 Å². The van der Waals surface area contributed by atoms with Crippen molar-refractivity contribution in [1.82, 2.24) is 10.0 Å². The second-order valence-corrected chi connectivity index (χ2v) is 7.03. The van der Waals surface area contributed by atoms with E-state index in [1.807, 2.05) is 6.08 Å². The predicted octanol–water partition coefficient (Wildman–Crippen LogP) is 2.08. The highest BCUT2D eigenvalue weighted by atomic mass is 79.9. The van der Waals surface area contributed by atoms with Gasteiger partial charge in [0.05, 0.1) is 12.0 Å². The van der Waals surface area contributed by atoms with Crippen molar-refractivity contribution >= 4 is 38.4 Å². The van der Waals surface area contributed by atoms with Crippen molar-refractivity contribution in [3.05, 3.63) is 34.3 Å². The van der Waals surface area contributed by atoms with E-state index in [-0.39, 0.29) is 17.3 Å². The van der Waals surface area contributed by atoms with Gasteiger partial charge in [0.25, 0.3) is 0 Å². The van der Waals surface area contributed by atoms with E-state index in [0.29, 0.717) is 16.8 Å². The topological polar surface area (TPSA) is 67.4 Å². The molecular weight excluding hydrogens is 380 g/mol. The third kappa shape index (κ3) is 4.96. The van der Waals surface area contributed by atoms with Gasteiger partial charge in [-0.2, -0.15) is 0 Å². The van der Waals surface area contributed by atoms with Crippen LogP contribution in [0.5, 0.6) is 5.75 Å². The van der Waals surface area contributed by atoms with Gasteiger partial charge in [-0.3, -0.25) is 0 Å². The van der Waals surface area contributed by atoms with Crippen LogP contribution < -0.4 is 14.8 Å². The van der Waals surface area contributed by atoms with Crippen molar-refractivity contribution < 1.29 is 13.2 Å². The summed E-state index contributed by atoms with van der Waals surface area (Å²) in [5.41, 5.74) is 1.10. The van der Waals surface area contributed by atoms with Gasteiger partial charge in [-0.15, -0.1) is 12.4 Å². The number of sulfonamides is 1. The van der Waals surface area contributed by atoms with Crippen LogP contribution >= 0.6 is 28.3 Å². The summed E-state index contributed by atoms with van der Waals surface area (Å²) in [6.07, 6.45) is 2.88. The Balaban J connectivity index is 0.00000220. The summed E-state index contributed by atoms with van der Waals surface area (Å²) < 4.78 is 32.9. The van der Waals surface area contributed by atoms with Gasteiger partial charge in [-0.05, 0) is 41.0 Å². The van der Waals surface area contributed by atoms with Gasteiger partial charge in [0.2, 0.25) is 10.0 Å². The van der Waals surface area contributed by atoms with Crippen LogP contribution in [-0.4, -0.2) is 35.2 Å². The summed E-state index contributed by atoms with van der Waals surface area (Å²) in [5, 5.41) is 3.19. The van der Waals surface area contributed by atoms with Crippen LogP contribution in [0.3, 0.4) is 0 Å². The lowest BCUT2D eigenvalue weighted by atomic mass is 10.1. The lowest BCUT2D eigenvalue weighted by Crippen LogP contribution is -2.29. The fraction of sp³-hybridized carbons (Fsp3) is 0.385. The number of methoxy groups -OCH3 is 1. The van der Waals surface area contributed by atoms with Gasteiger partial charge in [0, 0.05) is 23.6 Å². The molecular formula is C13H18BrClN2O3S. The van der Waals surface area contributed by atoms with Gasteiger partial charge >= 0.3 is 0 Å². The number of ether oxygens (including phenoxy) is 1. The zero-order valence-electron chi connectivity index (χ0n) is 11.6. The van der Waals surface area contributed by atoms with Gasteiger partial charge in [0.1, 0.15) is 5.75 Å². The predicted molar refractivity (Wildman–Crippen MR) is 88.7 cm³/mol. The number of hydrogen-bond donors (Lipinski definition) is 2. The normalized spacial score (nSPS) is 15.0. The fourth-order valence-electron chi connectivity index (χ4n) is 1.91. The molecule has 1 aromatic rings. The minimum absolute atomic E-state index is 0. The zero-order valence-corrected chi connectivity index (χ0v) is 14.8.